The van der Waals surface area contributed by atoms with Gasteiger partial charge in [-0.05, 0) is 41.9 Å². The number of para-hydroxylation sites is 1. The highest BCUT2D eigenvalue weighted by atomic mass is 16.1. The van der Waals surface area contributed by atoms with Gasteiger partial charge in [-0.1, -0.05) is 49.4 Å². The van der Waals surface area contributed by atoms with Gasteiger partial charge in [0, 0.05) is 63.4 Å². The molecule has 1 saturated heterocycles. The van der Waals surface area contributed by atoms with Gasteiger partial charge >= 0.3 is 0 Å². The SMILES string of the molecule is CCN1CCN(Cc2ccc(CNC(=O)c3cn(-c4ccccc4)nc3-c3cccnc3)cc2)CC1. The van der Waals surface area contributed by atoms with Crippen LogP contribution in [0.2, 0.25) is 0 Å². The fraction of sp³-hybridized carbons (Fsp3) is 0.276. The maximum absolute atomic E-state index is 13.2. The first-order valence-corrected chi connectivity index (χ1v) is 12.6. The molecular formula is C29H32N6O. The van der Waals surface area contributed by atoms with E-state index >= 15 is 0 Å². The summed E-state index contributed by atoms with van der Waals surface area (Å²) in [5, 5.41) is 7.79. The lowest BCUT2D eigenvalue weighted by Gasteiger charge is -2.34. The molecule has 0 saturated carbocycles. The molecule has 184 valence electrons. The first-order valence-electron chi connectivity index (χ1n) is 12.6. The molecule has 5 rings (SSSR count). The molecule has 0 unspecified atom stereocenters. The highest BCUT2D eigenvalue weighted by Gasteiger charge is 2.19. The third-order valence-electron chi connectivity index (χ3n) is 6.71. The Bertz CT molecular complexity index is 1260. The Hall–Kier alpha value is -3.81. The zero-order chi connectivity index (χ0) is 24.7. The van der Waals surface area contributed by atoms with E-state index in [4.69, 9.17) is 5.10 Å². The van der Waals surface area contributed by atoms with Crippen LogP contribution in [0, 0.1) is 0 Å². The molecular weight excluding hydrogens is 448 g/mol. The number of nitrogens with one attached hydrogen (secondary N) is 1. The third-order valence-corrected chi connectivity index (χ3v) is 6.71. The van der Waals surface area contributed by atoms with Crippen molar-refractivity contribution in [3.05, 3.63) is 102 Å². The molecule has 3 heterocycles. The Labute approximate surface area is 212 Å². The molecule has 7 heteroatoms. The van der Waals surface area contributed by atoms with Crippen LogP contribution in [0.25, 0.3) is 16.9 Å². The third kappa shape index (κ3) is 5.70. The Balaban J connectivity index is 1.25. The topological polar surface area (TPSA) is 66.3 Å². The van der Waals surface area contributed by atoms with Crippen molar-refractivity contribution >= 4 is 5.91 Å². The standard InChI is InChI=1S/C29H32N6O/c1-2-33-15-17-34(18-16-33)21-24-12-10-23(11-13-24)19-31-29(36)27-22-35(26-8-4-3-5-9-26)32-28(27)25-7-6-14-30-20-25/h3-14,20,22H,2,15-19,21H2,1H3,(H,31,36). The Morgan fingerprint density at radius 1 is 0.889 bits per heavy atom. The second kappa shape index (κ2) is 11.3. The van der Waals surface area contributed by atoms with E-state index in [0.717, 1.165) is 56.1 Å². The summed E-state index contributed by atoms with van der Waals surface area (Å²) in [6, 6.07) is 22.1. The molecule has 1 amide bonds. The van der Waals surface area contributed by atoms with E-state index in [2.05, 4.69) is 51.3 Å². The number of hydrogen-bond donors (Lipinski definition) is 1. The van der Waals surface area contributed by atoms with Crippen LogP contribution in [0.1, 0.15) is 28.4 Å². The fourth-order valence-electron chi connectivity index (χ4n) is 4.53. The number of carbonyl (C=O) groups is 1. The van der Waals surface area contributed by atoms with Crippen LogP contribution >= 0.6 is 0 Å². The molecule has 1 aliphatic heterocycles. The first-order chi connectivity index (χ1) is 17.7. The average molecular weight is 481 g/mol. The number of hydrogen-bond acceptors (Lipinski definition) is 5. The number of amides is 1. The van der Waals surface area contributed by atoms with Gasteiger partial charge in [0.1, 0.15) is 5.69 Å². The molecule has 36 heavy (non-hydrogen) atoms. The lowest BCUT2D eigenvalue weighted by Crippen LogP contribution is -2.45. The maximum Gasteiger partial charge on any atom is 0.255 e. The van der Waals surface area contributed by atoms with Crippen molar-refractivity contribution < 1.29 is 4.79 Å². The summed E-state index contributed by atoms with van der Waals surface area (Å²) in [5.74, 6) is -0.158. The van der Waals surface area contributed by atoms with E-state index in [1.807, 2.05) is 42.5 Å². The number of carbonyl (C=O) groups excluding carboxylic acids is 1. The smallest absolute Gasteiger partial charge is 0.255 e. The van der Waals surface area contributed by atoms with E-state index < -0.39 is 0 Å². The zero-order valence-electron chi connectivity index (χ0n) is 20.7. The van der Waals surface area contributed by atoms with E-state index in [-0.39, 0.29) is 5.91 Å². The number of benzene rings is 2. The van der Waals surface area contributed by atoms with Crippen LogP contribution in [0.5, 0.6) is 0 Å². The van der Waals surface area contributed by atoms with Gasteiger partial charge in [0.2, 0.25) is 0 Å². The van der Waals surface area contributed by atoms with Crippen molar-refractivity contribution in [2.45, 2.75) is 20.0 Å². The van der Waals surface area contributed by atoms with Crippen LogP contribution in [-0.4, -0.2) is 63.2 Å². The van der Waals surface area contributed by atoms with Crippen molar-refractivity contribution in [2.24, 2.45) is 0 Å². The zero-order valence-corrected chi connectivity index (χ0v) is 20.7. The van der Waals surface area contributed by atoms with Crippen LogP contribution in [0.4, 0.5) is 0 Å². The lowest BCUT2D eigenvalue weighted by molar-refractivity contribution is 0.0951. The van der Waals surface area contributed by atoms with Crippen LogP contribution in [-0.2, 0) is 13.1 Å². The van der Waals surface area contributed by atoms with Crippen molar-refractivity contribution in [1.29, 1.82) is 0 Å². The van der Waals surface area contributed by atoms with Crippen molar-refractivity contribution in [3.8, 4) is 16.9 Å². The number of pyridine rings is 1. The predicted octanol–water partition coefficient (Wildman–Crippen LogP) is 4.00. The highest BCUT2D eigenvalue weighted by molar-refractivity contribution is 5.99. The Morgan fingerprint density at radius 3 is 2.31 bits per heavy atom. The Morgan fingerprint density at radius 2 is 1.61 bits per heavy atom. The monoisotopic (exact) mass is 480 g/mol. The molecule has 7 nitrogen and oxygen atoms in total. The molecule has 0 atom stereocenters. The molecule has 4 aromatic rings. The number of piperazine rings is 1. The summed E-state index contributed by atoms with van der Waals surface area (Å²) in [6.07, 6.45) is 5.23. The maximum atomic E-state index is 13.2. The van der Waals surface area contributed by atoms with Gasteiger partial charge in [-0.3, -0.25) is 14.7 Å². The first kappa shape index (κ1) is 23.9. The molecule has 0 aliphatic carbocycles. The number of rotatable bonds is 8. The number of likely N-dealkylation sites (N-methyl/N-ethyl adjacent to an activating group) is 1. The summed E-state index contributed by atoms with van der Waals surface area (Å²) < 4.78 is 1.74. The number of nitrogens with zero attached hydrogens (tertiary/aromatic N) is 5. The van der Waals surface area contributed by atoms with Crippen LogP contribution in [0.15, 0.2) is 85.3 Å². The highest BCUT2D eigenvalue weighted by Crippen LogP contribution is 2.23. The summed E-state index contributed by atoms with van der Waals surface area (Å²) >= 11 is 0. The molecule has 1 N–H and O–H groups in total. The van der Waals surface area contributed by atoms with Crippen molar-refractivity contribution in [1.82, 2.24) is 29.9 Å². The van der Waals surface area contributed by atoms with Gasteiger partial charge in [0.15, 0.2) is 0 Å². The molecule has 2 aromatic carbocycles. The molecule has 0 bridgehead atoms. The van der Waals surface area contributed by atoms with Gasteiger partial charge in [-0.25, -0.2) is 4.68 Å². The normalized spacial score (nSPS) is 14.6. The predicted molar refractivity (Wildman–Crippen MR) is 142 cm³/mol. The van der Waals surface area contributed by atoms with E-state index in [1.165, 1.54) is 5.56 Å². The molecule has 1 aliphatic rings. The second-order valence-corrected chi connectivity index (χ2v) is 9.12. The second-order valence-electron chi connectivity index (χ2n) is 9.12. The van der Waals surface area contributed by atoms with Gasteiger partial charge in [-0.2, -0.15) is 5.10 Å². The van der Waals surface area contributed by atoms with Crippen LogP contribution < -0.4 is 5.32 Å². The van der Waals surface area contributed by atoms with Gasteiger partial charge < -0.3 is 10.2 Å². The molecule has 2 aromatic heterocycles. The van der Waals surface area contributed by atoms with Crippen molar-refractivity contribution in [3.63, 3.8) is 0 Å². The minimum absolute atomic E-state index is 0.158. The number of aromatic nitrogens is 3. The van der Waals surface area contributed by atoms with E-state index in [9.17, 15) is 4.79 Å². The lowest BCUT2D eigenvalue weighted by atomic mass is 10.1. The molecule has 0 spiro atoms. The minimum Gasteiger partial charge on any atom is -0.348 e. The van der Waals surface area contributed by atoms with Crippen molar-refractivity contribution in [2.75, 3.05) is 32.7 Å². The van der Waals surface area contributed by atoms with E-state index in [1.54, 1.807) is 23.3 Å². The quantitative estimate of drug-likeness (QED) is 0.413. The minimum atomic E-state index is -0.158. The van der Waals surface area contributed by atoms with Gasteiger partial charge in [0.25, 0.3) is 5.91 Å². The summed E-state index contributed by atoms with van der Waals surface area (Å²) in [4.78, 5) is 22.4. The molecule has 0 radical (unpaired) electrons. The van der Waals surface area contributed by atoms with E-state index in [0.29, 0.717) is 17.8 Å². The fourth-order valence-corrected chi connectivity index (χ4v) is 4.53. The summed E-state index contributed by atoms with van der Waals surface area (Å²) in [6.45, 7) is 9.29. The summed E-state index contributed by atoms with van der Waals surface area (Å²) in [5.41, 5.74) is 5.21. The Kier molecular flexibility index (Phi) is 7.50. The largest absolute Gasteiger partial charge is 0.348 e. The van der Waals surface area contributed by atoms with Gasteiger partial charge in [-0.15, -0.1) is 0 Å². The van der Waals surface area contributed by atoms with Gasteiger partial charge in [0.05, 0.1) is 11.3 Å². The molecule has 1 fully saturated rings. The van der Waals surface area contributed by atoms with Crippen LogP contribution in [0.3, 0.4) is 0 Å². The average Bonchev–Trinajstić information content (AvgIpc) is 3.40. The summed E-state index contributed by atoms with van der Waals surface area (Å²) in [7, 11) is 0.